The Kier molecular flexibility index (Phi) is 5.65. The van der Waals surface area contributed by atoms with Crippen LogP contribution in [0.15, 0.2) is 46.9 Å². The summed E-state index contributed by atoms with van der Waals surface area (Å²) in [5, 5.41) is 6.72. The number of anilines is 2. The van der Waals surface area contributed by atoms with E-state index in [2.05, 4.69) is 26.6 Å². The number of amides is 1. The zero-order chi connectivity index (χ0) is 15.2. The van der Waals surface area contributed by atoms with Gasteiger partial charge in [0.2, 0.25) is 5.91 Å². The van der Waals surface area contributed by atoms with Crippen LogP contribution < -0.4 is 10.6 Å². The van der Waals surface area contributed by atoms with Crippen LogP contribution in [0.2, 0.25) is 5.02 Å². The molecule has 1 amide bonds. The fourth-order valence-electron chi connectivity index (χ4n) is 1.83. The van der Waals surface area contributed by atoms with E-state index in [0.717, 1.165) is 21.4 Å². The molecule has 0 saturated carbocycles. The predicted molar refractivity (Wildman–Crippen MR) is 92.1 cm³/mol. The summed E-state index contributed by atoms with van der Waals surface area (Å²) in [6.07, 6.45) is 0.401. The molecular formula is C16H16BrClN2O. The lowest BCUT2D eigenvalue weighted by Gasteiger charge is -2.09. The molecule has 2 N–H and O–H groups in total. The standard InChI is InChI=1S/C16H16BrClN2O/c1-11-10-14(6-7-15(11)17)19-9-8-16(21)20-13-4-2-12(18)3-5-13/h2-7,10,19H,8-9H2,1H3,(H,20,21). The highest BCUT2D eigenvalue weighted by molar-refractivity contribution is 9.10. The molecule has 2 aromatic rings. The molecule has 0 aromatic heterocycles. The minimum atomic E-state index is -0.0290. The monoisotopic (exact) mass is 366 g/mol. The third-order valence-corrected chi connectivity index (χ3v) is 4.11. The molecule has 0 fully saturated rings. The SMILES string of the molecule is Cc1cc(NCCC(=O)Nc2ccc(Cl)cc2)ccc1Br. The topological polar surface area (TPSA) is 41.1 Å². The Morgan fingerprint density at radius 2 is 1.81 bits per heavy atom. The van der Waals surface area contributed by atoms with Gasteiger partial charge in [0.05, 0.1) is 0 Å². The average molecular weight is 368 g/mol. The van der Waals surface area contributed by atoms with Crippen LogP contribution in [0, 0.1) is 6.92 Å². The van der Waals surface area contributed by atoms with Gasteiger partial charge in [-0.2, -0.15) is 0 Å². The zero-order valence-corrected chi connectivity index (χ0v) is 14.0. The highest BCUT2D eigenvalue weighted by atomic mass is 79.9. The predicted octanol–water partition coefficient (Wildman–Crippen LogP) is 4.85. The molecule has 0 heterocycles. The molecule has 0 saturated heterocycles. The highest BCUT2D eigenvalue weighted by Gasteiger charge is 2.03. The van der Waals surface area contributed by atoms with Gasteiger partial charge in [0.1, 0.15) is 0 Å². The molecule has 0 radical (unpaired) electrons. The fraction of sp³-hybridized carbons (Fsp3) is 0.188. The second kappa shape index (κ2) is 7.48. The third-order valence-electron chi connectivity index (χ3n) is 2.97. The lowest BCUT2D eigenvalue weighted by atomic mass is 10.2. The fourth-order valence-corrected chi connectivity index (χ4v) is 2.20. The molecule has 0 spiro atoms. The van der Waals surface area contributed by atoms with Crippen molar-refractivity contribution in [1.82, 2.24) is 0 Å². The van der Waals surface area contributed by atoms with E-state index < -0.39 is 0 Å². The zero-order valence-electron chi connectivity index (χ0n) is 11.6. The molecule has 0 aliphatic heterocycles. The van der Waals surface area contributed by atoms with Crippen LogP contribution in [0.25, 0.3) is 0 Å². The van der Waals surface area contributed by atoms with E-state index in [1.807, 2.05) is 25.1 Å². The van der Waals surface area contributed by atoms with Crippen LogP contribution in [0.4, 0.5) is 11.4 Å². The number of halogens is 2. The minimum Gasteiger partial charge on any atom is -0.385 e. The summed E-state index contributed by atoms with van der Waals surface area (Å²) in [6, 6.07) is 13.1. The molecule has 3 nitrogen and oxygen atoms in total. The Bertz CT molecular complexity index is 629. The first-order valence-electron chi connectivity index (χ1n) is 6.60. The van der Waals surface area contributed by atoms with Gasteiger partial charge in [-0.15, -0.1) is 0 Å². The van der Waals surface area contributed by atoms with Gasteiger partial charge in [-0.1, -0.05) is 27.5 Å². The third kappa shape index (κ3) is 5.06. The Hall–Kier alpha value is -1.52. The first-order valence-corrected chi connectivity index (χ1v) is 7.77. The molecule has 21 heavy (non-hydrogen) atoms. The molecule has 0 bridgehead atoms. The van der Waals surface area contributed by atoms with Gasteiger partial charge >= 0.3 is 0 Å². The van der Waals surface area contributed by atoms with Crippen molar-refractivity contribution in [3.63, 3.8) is 0 Å². The number of benzene rings is 2. The normalized spacial score (nSPS) is 10.2. The van der Waals surface area contributed by atoms with Crippen molar-refractivity contribution < 1.29 is 4.79 Å². The van der Waals surface area contributed by atoms with Crippen molar-refractivity contribution in [3.8, 4) is 0 Å². The molecule has 0 aliphatic carbocycles. The largest absolute Gasteiger partial charge is 0.385 e. The summed E-state index contributed by atoms with van der Waals surface area (Å²) in [4.78, 5) is 11.8. The van der Waals surface area contributed by atoms with E-state index >= 15 is 0 Å². The molecular weight excluding hydrogens is 352 g/mol. The number of hydrogen-bond acceptors (Lipinski definition) is 2. The van der Waals surface area contributed by atoms with Crippen molar-refractivity contribution in [2.45, 2.75) is 13.3 Å². The van der Waals surface area contributed by atoms with E-state index in [4.69, 9.17) is 11.6 Å². The summed E-state index contributed by atoms with van der Waals surface area (Å²) in [5.41, 5.74) is 2.92. The second-order valence-corrected chi connectivity index (χ2v) is 5.99. The van der Waals surface area contributed by atoms with Gasteiger partial charge in [-0.05, 0) is 55.0 Å². The van der Waals surface area contributed by atoms with Crippen molar-refractivity contribution in [2.24, 2.45) is 0 Å². The van der Waals surface area contributed by atoms with Crippen LogP contribution in [0.1, 0.15) is 12.0 Å². The molecule has 0 unspecified atom stereocenters. The molecule has 110 valence electrons. The number of nitrogens with one attached hydrogen (secondary N) is 2. The Morgan fingerprint density at radius 3 is 2.48 bits per heavy atom. The smallest absolute Gasteiger partial charge is 0.226 e. The van der Waals surface area contributed by atoms with Gasteiger partial charge in [-0.3, -0.25) is 4.79 Å². The van der Waals surface area contributed by atoms with E-state index in [-0.39, 0.29) is 5.91 Å². The van der Waals surface area contributed by atoms with Gasteiger partial charge in [-0.25, -0.2) is 0 Å². The van der Waals surface area contributed by atoms with Gasteiger partial charge < -0.3 is 10.6 Å². The number of carbonyl (C=O) groups excluding carboxylic acids is 1. The lowest BCUT2D eigenvalue weighted by molar-refractivity contribution is -0.115. The molecule has 2 rings (SSSR count). The Balaban J connectivity index is 1.78. The maximum absolute atomic E-state index is 11.8. The first kappa shape index (κ1) is 15.9. The van der Waals surface area contributed by atoms with Gasteiger partial charge in [0, 0.05) is 33.8 Å². The van der Waals surface area contributed by atoms with E-state index in [9.17, 15) is 4.79 Å². The van der Waals surface area contributed by atoms with Gasteiger partial charge in [0.25, 0.3) is 0 Å². The lowest BCUT2D eigenvalue weighted by Crippen LogP contribution is -2.16. The van der Waals surface area contributed by atoms with E-state index in [1.54, 1.807) is 24.3 Å². The Labute approximate surface area is 137 Å². The molecule has 0 aliphatic rings. The minimum absolute atomic E-state index is 0.0290. The van der Waals surface area contributed by atoms with Crippen LogP contribution in [0.3, 0.4) is 0 Å². The number of rotatable bonds is 5. The van der Waals surface area contributed by atoms with Crippen LogP contribution >= 0.6 is 27.5 Å². The van der Waals surface area contributed by atoms with E-state index in [1.165, 1.54) is 0 Å². The number of hydrogen-bond donors (Lipinski definition) is 2. The average Bonchev–Trinajstić information content (AvgIpc) is 2.45. The van der Waals surface area contributed by atoms with Crippen molar-refractivity contribution in [2.75, 3.05) is 17.2 Å². The quantitative estimate of drug-likeness (QED) is 0.793. The molecule has 0 atom stereocenters. The molecule has 2 aromatic carbocycles. The summed E-state index contributed by atoms with van der Waals surface area (Å²) in [5.74, 6) is -0.0290. The summed E-state index contributed by atoms with van der Waals surface area (Å²) < 4.78 is 1.08. The number of aryl methyl sites for hydroxylation is 1. The van der Waals surface area contributed by atoms with Crippen molar-refractivity contribution in [3.05, 3.63) is 57.5 Å². The van der Waals surface area contributed by atoms with Gasteiger partial charge in [0.15, 0.2) is 0 Å². The van der Waals surface area contributed by atoms with Crippen molar-refractivity contribution >= 4 is 44.8 Å². The maximum atomic E-state index is 11.8. The number of carbonyl (C=O) groups is 1. The summed E-state index contributed by atoms with van der Waals surface area (Å²) >= 11 is 9.26. The van der Waals surface area contributed by atoms with E-state index in [0.29, 0.717) is 18.0 Å². The summed E-state index contributed by atoms with van der Waals surface area (Å²) in [7, 11) is 0. The summed E-state index contributed by atoms with van der Waals surface area (Å²) in [6.45, 7) is 2.61. The highest BCUT2D eigenvalue weighted by Crippen LogP contribution is 2.20. The van der Waals surface area contributed by atoms with Crippen LogP contribution in [-0.2, 0) is 4.79 Å². The first-order chi connectivity index (χ1) is 10.0. The Morgan fingerprint density at radius 1 is 1.14 bits per heavy atom. The second-order valence-electron chi connectivity index (χ2n) is 4.70. The maximum Gasteiger partial charge on any atom is 0.226 e. The van der Waals surface area contributed by atoms with Crippen LogP contribution in [-0.4, -0.2) is 12.5 Å². The van der Waals surface area contributed by atoms with Crippen LogP contribution in [0.5, 0.6) is 0 Å². The van der Waals surface area contributed by atoms with Crippen molar-refractivity contribution in [1.29, 1.82) is 0 Å². The molecule has 5 heteroatoms.